The monoisotopic (exact) mass is 260 g/mol. The highest BCUT2D eigenvalue weighted by atomic mass is 35.5. The van der Waals surface area contributed by atoms with Crippen LogP contribution in [0.25, 0.3) is 0 Å². The number of rotatable bonds is 6. The summed E-state index contributed by atoms with van der Waals surface area (Å²) in [5.74, 6) is 0. The van der Waals surface area contributed by atoms with Gasteiger partial charge in [-0.15, -0.1) is 0 Å². The van der Waals surface area contributed by atoms with Crippen molar-refractivity contribution in [2.45, 2.75) is 25.8 Å². The smallest absolute Gasteiger partial charge is 0.0453 e. The lowest BCUT2D eigenvalue weighted by atomic mass is 10.1. The van der Waals surface area contributed by atoms with Gasteiger partial charge in [0.1, 0.15) is 0 Å². The van der Waals surface area contributed by atoms with Gasteiger partial charge in [-0.3, -0.25) is 0 Å². The minimum absolute atomic E-state index is 0.256. The van der Waals surface area contributed by atoms with E-state index in [1.165, 1.54) is 0 Å². The number of benzene rings is 1. The van der Waals surface area contributed by atoms with Gasteiger partial charge in [0.25, 0.3) is 0 Å². The minimum atomic E-state index is 0.256. The maximum absolute atomic E-state index is 6.06. The number of nitrogens with two attached hydrogens (primary N) is 1. The zero-order chi connectivity index (χ0) is 12.0. The van der Waals surface area contributed by atoms with Gasteiger partial charge in [0.2, 0.25) is 0 Å². The first kappa shape index (κ1) is 13.8. The summed E-state index contributed by atoms with van der Waals surface area (Å²) in [6, 6.07) is 5.87. The van der Waals surface area contributed by atoms with Crippen molar-refractivity contribution >= 4 is 23.2 Å². The van der Waals surface area contributed by atoms with E-state index >= 15 is 0 Å². The number of halogens is 2. The lowest BCUT2D eigenvalue weighted by Gasteiger charge is -2.08. The summed E-state index contributed by atoms with van der Waals surface area (Å²) in [6.45, 7) is 3.87. The second kappa shape index (κ2) is 7.13. The third-order valence-electron chi connectivity index (χ3n) is 2.36. The average molecular weight is 261 g/mol. The summed E-state index contributed by atoms with van der Waals surface area (Å²) in [5, 5.41) is 4.75. The molecule has 0 aliphatic heterocycles. The first-order valence-electron chi connectivity index (χ1n) is 5.50. The molecule has 2 nitrogen and oxygen atoms in total. The third kappa shape index (κ3) is 5.17. The molecule has 0 aliphatic rings. The van der Waals surface area contributed by atoms with Crippen LogP contribution in [-0.2, 0) is 6.42 Å². The van der Waals surface area contributed by atoms with Crippen molar-refractivity contribution in [3.63, 3.8) is 0 Å². The molecule has 0 spiro atoms. The van der Waals surface area contributed by atoms with Crippen LogP contribution >= 0.6 is 23.2 Å². The van der Waals surface area contributed by atoms with Gasteiger partial charge in [0, 0.05) is 16.1 Å². The SMILES string of the molecule is CC(N)CCNCCc1ccc(Cl)cc1Cl. The van der Waals surface area contributed by atoms with Crippen molar-refractivity contribution < 1.29 is 0 Å². The van der Waals surface area contributed by atoms with E-state index in [1.807, 2.05) is 19.1 Å². The first-order chi connectivity index (χ1) is 7.59. The maximum atomic E-state index is 6.06. The molecule has 1 aromatic carbocycles. The van der Waals surface area contributed by atoms with Crippen LogP contribution in [-0.4, -0.2) is 19.1 Å². The fourth-order valence-electron chi connectivity index (χ4n) is 1.40. The molecule has 0 aliphatic carbocycles. The molecule has 0 radical (unpaired) electrons. The highest BCUT2D eigenvalue weighted by molar-refractivity contribution is 6.35. The summed E-state index contributed by atoms with van der Waals surface area (Å²) < 4.78 is 0. The summed E-state index contributed by atoms with van der Waals surface area (Å²) >= 11 is 11.9. The summed E-state index contributed by atoms with van der Waals surface area (Å²) in [7, 11) is 0. The van der Waals surface area contributed by atoms with Crippen LogP contribution in [0.2, 0.25) is 10.0 Å². The Balaban J connectivity index is 2.27. The van der Waals surface area contributed by atoms with Gasteiger partial charge in [-0.1, -0.05) is 29.3 Å². The highest BCUT2D eigenvalue weighted by Gasteiger charge is 2.01. The molecule has 0 saturated heterocycles. The Labute approximate surface area is 107 Å². The van der Waals surface area contributed by atoms with Crippen LogP contribution in [0.3, 0.4) is 0 Å². The quantitative estimate of drug-likeness (QED) is 0.773. The predicted octanol–water partition coefficient (Wildman–Crippen LogP) is 2.86. The van der Waals surface area contributed by atoms with Gasteiger partial charge in [0.15, 0.2) is 0 Å². The fourth-order valence-corrected chi connectivity index (χ4v) is 1.91. The van der Waals surface area contributed by atoms with Gasteiger partial charge in [0.05, 0.1) is 0 Å². The maximum Gasteiger partial charge on any atom is 0.0453 e. The van der Waals surface area contributed by atoms with Crippen LogP contribution in [0.5, 0.6) is 0 Å². The summed E-state index contributed by atoms with van der Waals surface area (Å²) in [4.78, 5) is 0. The molecule has 0 bridgehead atoms. The Kier molecular flexibility index (Phi) is 6.14. The van der Waals surface area contributed by atoms with E-state index in [2.05, 4.69) is 5.32 Å². The highest BCUT2D eigenvalue weighted by Crippen LogP contribution is 2.20. The van der Waals surface area contributed by atoms with Crippen molar-refractivity contribution in [1.82, 2.24) is 5.32 Å². The zero-order valence-electron chi connectivity index (χ0n) is 9.47. The van der Waals surface area contributed by atoms with Crippen molar-refractivity contribution in [1.29, 1.82) is 0 Å². The standard InChI is InChI=1S/C12H18Cl2N2/c1-9(15)4-6-16-7-5-10-2-3-11(13)8-12(10)14/h2-3,8-9,16H,4-7,15H2,1H3. The van der Waals surface area contributed by atoms with Gasteiger partial charge >= 0.3 is 0 Å². The second-order valence-electron chi connectivity index (χ2n) is 4.00. The van der Waals surface area contributed by atoms with Gasteiger partial charge in [-0.2, -0.15) is 0 Å². The Morgan fingerprint density at radius 3 is 2.69 bits per heavy atom. The molecule has 1 atom stereocenters. The molecule has 0 fully saturated rings. The molecule has 16 heavy (non-hydrogen) atoms. The molecule has 1 rings (SSSR count). The topological polar surface area (TPSA) is 38.0 Å². The normalized spacial score (nSPS) is 12.8. The van der Waals surface area contributed by atoms with Crippen LogP contribution in [0.4, 0.5) is 0 Å². The molecule has 1 unspecified atom stereocenters. The molecule has 0 heterocycles. The Morgan fingerprint density at radius 2 is 2.06 bits per heavy atom. The molecule has 0 aromatic heterocycles. The third-order valence-corrected chi connectivity index (χ3v) is 2.95. The van der Waals surface area contributed by atoms with Crippen LogP contribution in [0.1, 0.15) is 18.9 Å². The summed E-state index contributed by atoms with van der Waals surface area (Å²) in [5.41, 5.74) is 6.78. The second-order valence-corrected chi connectivity index (χ2v) is 4.85. The predicted molar refractivity (Wildman–Crippen MR) is 71.3 cm³/mol. The minimum Gasteiger partial charge on any atom is -0.328 e. The van der Waals surface area contributed by atoms with E-state index in [9.17, 15) is 0 Å². The summed E-state index contributed by atoms with van der Waals surface area (Å²) in [6.07, 6.45) is 1.91. The van der Waals surface area contributed by atoms with Crippen molar-refractivity contribution in [2.75, 3.05) is 13.1 Å². The number of hydrogen-bond acceptors (Lipinski definition) is 2. The van der Waals surface area contributed by atoms with Crippen molar-refractivity contribution in [3.05, 3.63) is 33.8 Å². The van der Waals surface area contributed by atoms with E-state index in [-0.39, 0.29) is 6.04 Å². The van der Waals surface area contributed by atoms with E-state index in [0.717, 1.165) is 36.5 Å². The number of hydrogen-bond donors (Lipinski definition) is 2. The lowest BCUT2D eigenvalue weighted by Crippen LogP contribution is -2.25. The van der Waals surface area contributed by atoms with E-state index in [1.54, 1.807) is 6.07 Å². The molecule has 1 aromatic rings. The van der Waals surface area contributed by atoms with Crippen molar-refractivity contribution in [2.24, 2.45) is 5.73 Å². The lowest BCUT2D eigenvalue weighted by molar-refractivity contribution is 0.590. The van der Waals surface area contributed by atoms with Gasteiger partial charge in [-0.25, -0.2) is 0 Å². The van der Waals surface area contributed by atoms with Crippen LogP contribution in [0, 0.1) is 0 Å². The molecular weight excluding hydrogens is 243 g/mol. The molecule has 90 valence electrons. The average Bonchev–Trinajstić information content (AvgIpc) is 2.20. The van der Waals surface area contributed by atoms with E-state index < -0.39 is 0 Å². The van der Waals surface area contributed by atoms with Crippen LogP contribution < -0.4 is 11.1 Å². The Morgan fingerprint density at radius 1 is 1.31 bits per heavy atom. The molecule has 4 heteroatoms. The van der Waals surface area contributed by atoms with Crippen LogP contribution in [0.15, 0.2) is 18.2 Å². The van der Waals surface area contributed by atoms with Crippen molar-refractivity contribution in [3.8, 4) is 0 Å². The Bertz CT molecular complexity index is 327. The van der Waals surface area contributed by atoms with Gasteiger partial charge < -0.3 is 11.1 Å². The fraction of sp³-hybridized carbons (Fsp3) is 0.500. The zero-order valence-corrected chi connectivity index (χ0v) is 11.0. The molecule has 3 N–H and O–H groups in total. The van der Waals surface area contributed by atoms with E-state index in [4.69, 9.17) is 28.9 Å². The van der Waals surface area contributed by atoms with E-state index in [0.29, 0.717) is 5.02 Å². The largest absolute Gasteiger partial charge is 0.328 e. The molecular formula is C12H18Cl2N2. The number of nitrogens with one attached hydrogen (secondary N) is 1. The molecule has 0 amide bonds. The first-order valence-corrected chi connectivity index (χ1v) is 6.25. The van der Waals surface area contributed by atoms with Gasteiger partial charge in [-0.05, 0) is 50.6 Å². The molecule has 0 saturated carbocycles. The Hall–Kier alpha value is -0.280.